The summed E-state index contributed by atoms with van der Waals surface area (Å²) in [6.07, 6.45) is 8.33. The van der Waals surface area contributed by atoms with Crippen LogP contribution in [0.1, 0.15) is 25.3 Å². The summed E-state index contributed by atoms with van der Waals surface area (Å²) in [5, 5.41) is 0.825. The Morgan fingerprint density at radius 2 is 1.97 bits per heavy atom. The zero-order valence-corrected chi connectivity index (χ0v) is 18.0. The lowest BCUT2D eigenvalue weighted by molar-refractivity contribution is 0.238. The van der Waals surface area contributed by atoms with Crippen LogP contribution >= 0.6 is 0 Å². The maximum Gasteiger partial charge on any atom is 0.142 e. The number of likely N-dealkylation sites (tertiary alicyclic amines) is 1. The maximum atomic E-state index is 6.23. The van der Waals surface area contributed by atoms with Crippen LogP contribution in [-0.2, 0) is 0 Å². The van der Waals surface area contributed by atoms with E-state index in [9.17, 15) is 0 Å². The van der Waals surface area contributed by atoms with Crippen LogP contribution in [0.25, 0.3) is 23.5 Å². The largest absolute Gasteiger partial charge is 0.492 e. The van der Waals surface area contributed by atoms with Crippen LogP contribution in [0.15, 0.2) is 65.2 Å². The van der Waals surface area contributed by atoms with Crippen molar-refractivity contribution in [1.29, 1.82) is 0 Å². The molecule has 0 unspecified atom stereocenters. The van der Waals surface area contributed by atoms with Gasteiger partial charge in [-0.3, -0.25) is 4.90 Å². The molecule has 4 rings (SSSR count). The summed E-state index contributed by atoms with van der Waals surface area (Å²) >= 11 is 0. The third kappa shape index (κ3) is 5.06. The predicted molar refractivity (Wildman–Crippen MR) is 126 cm³/mol. The van der Waals surface area contributed by atoms with Gasteiger partial charge in [0.15, 0.2) is 0 Å². The molecule has 31 heavy (non-hydrogen) atoms. The second kappa shape index (κ2) is 9.67. The Balaban J connectivity index is 1.55. The van der Waals surface area contributed by atoms with E-state index in [2.05, 4.69) is 16.5 Å². The third-order valence-electron chi connectivity index (χ3n) is 5.50. The van der Waals surface area contributed by atoms with Gasteiger partial charge in [0.05, 0.1) is 0 Å². The van der Waals surface area contributed by atoms with Crippen LogP contribution in [0.4, 0.5) is 5.82 Å². The minimum absolute atomic E-state index is 0.487. The Bertz CT molecular complexity index is 1140. The fourth-order valence-corrected chi connectivity index (χ4v) is 3.85. The van der Waals surface area contributed by atoms with Crippen molar-refractivity contribution in [2.24, 2.45) is 0 Å². The highest BCUT2D eigenvalue weighted by atomic mass is 16.5. The van der Waals surface area contributed by atoms with Crippen molar-refractivity contribution in [2.75, 3.05) is 32.0 Å². The highest BCUT2D eigenvalue weighted by Crippen LogP contribution is 2.22. The van der Waals surface area contributed by atoms with Gasteiger partial charge < -0.3 is 14.9 Å². The van der Waals surface area contributed by atoms with Crippen molar-refractivity contribution in [2.45, 2.75) is 19.8 Å². The van der Waals surface area contributed by atoms with Gasteiger partial charge in [-0.25, -0.2) is 4.98 Å². The average molecular weight is 416 g/mol. The molecule has 1 aromatic carbocycles. The number of rotatable bonds is 7. The van der Waals surface area contributed by atoms with E-state index in [0.717, 1.165) is 45.4 Å². The van der Waals surface area contributed by atoms with Crippen molar-refractivity contribution < 1.29 is 9.15 Å². The second-order valence-electron chi connectivity index (χ2n) is 7.77. The van der Waals surface area contributed by atoms with Gasteiger partial charge >= 0.3 is 0 Å². The second-order valence-corrected chi connectivity index (χ2v) is 7.77. The van der Waals surface area contributed by atoms with Crippen molar-refractivity contribution in [3.8, 4) is 17.1 Å². The number of allylic oxidation sites excluding steroid dienone is 2. The average Bonchev–Trinajstić information content (AvgIpc) is 3.43. The van der Waals surface area contributed by atoms with Crippen LogP contribution < -0.4 is 21.1 Å². The zero-order valence-electron chi connectivity index (χ0n) is 18.0. The van der Waals surface area contributed by atoms with E-state index in [4.69, 9.17) is 14.9 Å². The van der Waals surface area contributed by atoms with Crippen molar-refractivity contribution in [3.05, 3.63) is 77.0 Å². The van der Waals surface area contributed by atoms with Crippen LogP contribution in [0, 0.1) is 0 Å². The molecule has 0 amide bonds. The summed E-state index contributed by atoms with van der Waals surface area (Å²) in [5.74, 6) is 2.13. The number of hydrogen-bond donors (Lipinski definition) is 1. The minimum Gasteiger partial charge on any atom is -0.492 e. The SMILES string of the molecule is C=c1cc(-c2ccc(OCCN3CCCC3)cc2)o/c1=C(/C=C\C)c1ccc(N)nc1. The predicted octanol–water partition coefficient (Wildman–Crippen LogP) is 3.58. The normalized spacial score (nSPS) is 15.5. The fourth-order valence-electron chi connectivity index (χ4n) is 3.85. The van der Waals surface area contributed by atoms with Crippen LogP contribution in [0.2, 0.25) is 0 Å². The van der Waals surface area contributed by atoms with Gasteiger partial charge in [-0.15, -0.1) is 0 Å². The van der Waals surface area contributed by atoms with E-state index in [-0.39, 0.29) is 0 Å². The highest BCUT2D eigenvalue weighted by Gasteiger charge is 2.11. The summed E-state index contributed by atoms with van der Waals surface area (Å²) in [6, 6.07) is 13.7. The molecule has 1 aliphatic heterocycles. The summed E-state index contributed by atoms with van der Waals surface area (Å²) in [7, 11) is 0. The molecule has 0 aliphatic carbocycles. The quantitative estimate of drug-likeness (QED) is 0.639. The molecular weight excluding hydrogens is 386 g/mol. The first-order valence-corrected chi connectivity index (χ1v) is 10.8. The Morgan fingerprint density at radius 1 is 1.19 bits per heavy atom. The van der Waals surface area contributed by atoms with Crippen LogP contribution in [-0.4, -0.2) is 36.1 Å². The monoisotopic (exact) mass is 415 g/mol. The molecular formula is C26H29N3O2. The molecule has 1 saturated heterocycles. The lowest BCUT2D eigenvalue weighted by Crippen LogP contribution is -2.25. The Kier molecular flexibility index (Phi) is 6.53. The molecule has 0 atom stereocenters. The first-order chi connectivity index (χ1) is 15.1. The molecule has 0 saturated carbocycles. The van der Waals surface area contributed by atoms with Gasteiger partial charge in [-0.2, -0.15) is 0 Å². The van der Waals surface area contributed by atoms with Crippen molar-refractivity contribution in [3.63, 3.8) is 0 Å². The molecule has 0 bridgehead atoms. The molecule has 2 aromatic heterocycles. The number of aromatic nitrogens is 1. The van der Waals surface area contributed by atoms with E-state index in [1.807, 2.05) is 55.5 Å². The molecule has 0 radical (unpaired) electrons. The fraction of sp³-hybridized carbons (Fsp3) is 0.269. The molecule has 2 N–H and O–H groups in total. The van der Waals surface area contributed by atoms with E-state index >= 15 is 0 Å². The van der Waals surface area contributed by atoms with E-state index in [1.54, 1.807) is 12.3 Å². The van der Waals surface area contributed by atoms with Crippen LogP contribution in [0.3, 0.4) is 0 Å². The standard InChI is InChI=1S/C26H29N3O2/c1-3-6-23(21-9-12-25(27)28-18-21)26-19(2)17-24(31-26)20-7-10-22(11-8-20)30-16-15-29-13-4-5-14-29/h3,6-12,17-18H,2,4-5,13-16H2,1H3,(H2,27,28)/b6-3-,26-23-. The van der Waals surface area contributed by atoms with Gasteiger partial charge in [0.25, 0.3) is 0 Å². The summed E-state index contributed by atoms with van der Waals surface area (Å²) in [6.45, 7) is 10.2. The molecule has 1 aliphatic rings. The number of nitrogens with zero attached hydrogens (tertiary/aromatic N) is 2. The van der Waals surface area contributed by atoms with Gasteiger partial charge in [-0.05, 0) is 75.3 Å². The smallest absolute Gasteiger partial charge is 0.142 e. The lowest BCUT2D eigenvalue weighted by Gasteiger charge is -2.14. The zero-order chi connectivity index (χ0) is 21.6. The van der Waals surface area contributed by atoms with Gasteiger partial charge in [0.2, 0.25) is 0 Å². The summed E-state index contributed by atoms with van der Waals surface area (Å²) in [5.41, 5.74) is 9.30. The van der Waals surface area contributed by atoms with Crippen LogP contribution in [0.5, 0.6) is 5.75 Å². The Hall–Kier alpha value is -3.31. The maximum absolute atomic E-state index is 6.23. The number of nitrogens with two attached hydrogens (primary N) is 1. The molecule has 5 nitrogen and oxygen atoms in total. The first kappa shape index (κ1) is 20.9. The number of pyridine rings is 1. The number of hydrogen-bond acceptors (Lipinski definition) is 5. The Labute approximate surface area is 183 Å². The Morgan fingerprint density at radius 3 is 2.65 bits per heavy atom. The summed E-state index contributed by atoms with van der Waals surface area (Å²) < 4.78 is 12.1. The number of benzene rings is 1. The van der Waals surface area contributed by atoms with Gasteiger partial charge in [0.1, 0.15) is 29.3 Å². The van der Waals surface area contributed by atoms with Gasteiger partial charge in [-0.1, -0.05) is 18.7 Å². The topological polar surface area (TPSA) is 64.5 Å². The molecule has 3 heterocycles. The van der Waals surface area contributed by atoms with E-state index in [0.29, 0.717) is 12.4 Å². The van der Waals surface area contributed by atoms with Crippen molar-refractivity contribution in [1.82, 2.24) is 9.88 Å². The molecule has 0 spiro atoms. The lowest BCUT2D eigenvalue weighted by atomic mass is 10.1. The number of furan rings is 1. The third-order valence-corrected chi connectivity index (χ3v) is 5.50. The number of ether oxygens (including phenoxy) is 1. The molecule has 5 heteroatoms. The summed E-state index contributed by atoms with van der Waals surface area (Å²) in [4.78, 5) is 6.65. The van der Waals surface area contributed by atoms with Gasteiger partial charge in [0, 0.05) is 34.7 Å². The number of anilines is 1. The molecule has 1 fully saturated rings. The first-order valence-electron chi connectivity index (χ1n) is 10.8. The van der Waals surface area contributed by atoms with E-state index in [1.165, 1.54) is 25.9 Å². The molecule has 160 valence electrons. The number of nitrogen functional groups attached to an aromatic ring is 1. The van der Waals surface area contributed by atoms with Crippen molar-refractivity contribution >= 4 is 18.0 Å². The molecule has 3 aromatic rings. The highest BCUT2D eigenvalue weighted by molar-refractivity contribution is 5.73. The minimum atomic E-state index is 0.487. The van der Waals surface area contributed by atoms with E-state index < -0.39 is 0 Å².